The lowest BCUT2D eigenvalue weighted by molar-refractivity contribution is 0.350. The summed E-state index contributed by atoms with van der Waals surface area (Å²) in [5.41, 5.74) is 0.647. The Balaban J connectivity index is 2.51. The van der Waals surface area contributed by atoms with Gasteiger partial charge in [-0.15, -0.1) is 5.10 Å². The summed E-state index contributed by atoms with van der Waals surface area (Å²) in [6.45, 7) is 6.15. The van der Waals surface area contributed by atoms with Gasteiger partial charge in [0.05, 0.1) is 5.54 Å². The van der Waals surface area contributed by atoms with Crippen LogP contribution < -0.4 is 0 Å². The first kappa shape index (κ1) is 9.76. The molecule has 2 aromatic heterocycles. The van der Waals surface area contributed by atoms with Crippen LogP contribution >= 0.6 is 0 Å². The van der Waals surface area contributed by atoms with Crippen LogP contribution in [0.2, 0.25) is 0 Å². The molecular weight excluding hydrogens is 190 g/mol. The quantitative estimate of drug-likeness (QED) is 0.704. The Bertz CT molecular complexity index is 440. The molecule has 0 N–H and O–H groups in total. The van der Waals surface area contributed by atoms with Crippen LogP contribution in [-0.4, -0.2) is 25.2 Å². The minimum atomic E-state index is -0.143. The lowest BCUT2D eigenvalue weighted by Gasteiger charge is -2.19. The lowest BCUT2D eigenvalue weighted by atomic mass is 10.1. The summed E-state index contributed by atoms with van der Waals surface area (Å²) < 4.78 is 1.77. The second-order valence-corrected chi connectivity index (χ2v) is 4.30. The van der Waals surface area contributed by atoms with Crippen molar-refractivity contribution in [1.29, 1.82) is 0 Å². The fourth-order valence-corrected chi connectivity index (χ4v) is 1.29. The number of hydrogen-bond donors (Lipinski definition) is 0. The summed E-state index contributed by atoms with van der Waals surface area (Å²) in [6, 6.07) is 5.69. The molecule has 2 heterocycles. The van der Waals surface area contributed by atoms with E-state index in [4.69, 9.17) is 0 Å². The van der Waals surface area contributed by atoms with Gasteiger partial charge in [-0.25, -0.2) is 4.68 Å². The number of aromatic nitrogens is 5. The monoisotopic (exact) mass is 203 g/mol. The zero-order chi connectivity index (χ0) is 10.9. The average molecular weight is 203 g/mol. The van der Waals surface area contributed by atoms with Crippen LogP contribution in [0, 0.1) is 0 Å². The van der Waals surface area contributed by atoms with E-state index in [1.165, 1.54) is 0 Å². The molecule has 0 saturated carbocycles. The lowest BCUT2D eigenvalue weighted by Crippen LogP contribution is -2.24. The van der Waals surface area contributed by atoms with Crippen LogP contribution in [0.5, 0.6) is 0 Å². The molecule has 0 spiro atoms. The molecule has 0 amide bonds. The van der Waals surface area contributed by atoms with E-state index in [0.29, 0.717) is 5.82 Å². The van der Waals surface area contributed by atoms with Crippen LogP contribution in [0.15, 0.2) is 24.4 Å². The van der Waals surface area contributed by atoms with Crippen molar-refractivity contribution >= 4 is 0 Å². The third kappa shape index (κ3) is 1.86. The molecule has 5 heteroatoms. The number of rotatable bonds is 1. The number of pyridine rings is 1. The Kier molecular flexibility index (Phi) is 2.22. The molecule has 0 bridgehead atoms. The van der Waals surface area contributed by atoms with E-state index < -0.39 is 0 Å². The van der Waals surface area contributed by atoms with Crippen molar-refractivity contribution in [3.8, 4) is 11.5 Å². The first-order valence-corrected chi connectivity index (χ1v) is 4.79. The highest BCUT2D eigenvalue weighted by atomic mass is 15.6. The number of tetrazole rings is 1. The molecule has 2 rings (SSSR count). The van der Waals surface area contributed by atoms with Gasteiger partial charge in [-0.1, -0.05) is 6.07 Å². The van der Waals surface area contributed by atoms with Crippen molar-refractivity contribution in [3.05, 3.63) is 24.4 Å². The Hall–Kier alpha value is -1.78. The van der Waals surface area contributed by atoms with Crippen LogP contribution in [0.4, 0.5) is 0 Å². The van der Waals surface area contributed by atoms with Gasteiger partial charge in [0, 0.05) is 6.20 Å². The Labute approximate surface area is 88.2 Å². The molecule has 0 aromatic carbocycles. The summed E-state index contributed by atoms with van der Waals surface area (Å²) in [7, 11) is 0. The van der Waals surface area contributed by atoms with Crippen molar-refractivity contribution in [2.45, 2.75) is 26.3 Å². The molecule has 15 heavy (non-hydrogen) atoms. The van der Waals surface area contributed by atoms with Crippen LogP contribution in [0.3, 0.4) is 0 Å². The molecule has 0 saturated heterocycles. The number of hydrogen-bond acceptors (Lipinski definition) is 4. The van der Waals surface area contributed by atoms with E-state index in [1.54, 1.807) is 10.9 Å². The zero-order valence-electron chi connectivity index (χ0n) is 9.05. The molecule has 0 radical (unpaired) electrons. The first-order chi connectivity index (χ1) is 7.09. The van der Waals surface area contributed by atoms with Gasteiger partial charge in [0.1, 0.15) is 5.69 Å². The average Bonchev–Trinajstić information content (AvgIpc) is 2.67. The molecule has 0 fully saturated rings. The summed E-state index contributed by atoms with van der Waals surface area (Å²) in [5, 5.41) is 11.7. The maximum atomic E-state index is 4.23. The smallest absolute Gasteiger partial charge is 0.201 e. The maximum Gasteiger partial charge on any atom is 0.201 e. The first-order valence-electron chi connectivity index (χ1n) is 4.79. The zero-order valence-corrected chi connectivity index (χ0v) is 9.05. The van der Waals surface area contributed by atoms with Gasteiger partial charge in [-0.05, 0) is 43.3 Å². The van der Waals surface area contributed by atoms with Gasteiger partial charge in [-0.2, -0.15) is 0 Å². The van der Waals surface area contributed by atoms with Crippen molar-refractivity contribution in [2.75, 3.05) is 0 Å². The third-order valence-electron chi connectivity index (χ3n) is 2.00. The highest BCUT2D eigenvalue weighted by Crippen LogP contribution is 2.19. The Morgan fingerprint density at radius 2 is 2.00 bits per heavy atom. The normalized spacial score (nSPS) is 11.7. The fraction of sp³-hybridized carbons (Fsp3) is 0.400. The summed E-state index contributed by atoms with van der Waals surface area (Å²) in [5.74, 6) is 0.697. The molecule has 0 aliphatic rings. The largest absolute Gasteiger partial charge is 0.253 e. The Morgan fingerprint density at radius 1 is 1.20 bits per heavy atom. The van der Waals surface area contributed by atoms with Gasteiger partial charge >= 0.3 is 0 Å². The maximum absolute atomic E-state index is 4.23. The van der Waals surface area contributed by atoms with Gasteiger partial charge in [0.15, 0.2) is 0 Å². The topological polar surface area (TPSA) is 56.5 Å². The molecule has 0 aliphatic carbocycles. The predicted molar refractivity (Wildman–Crippen MR) is 56.0 cm³/mol. The van der Waals surface area contributed by atoms with E-state index in [9.17, 15) is 0 Å². The van der Waals surface area contributed by atoms with E-state index >= 15 is 0 Å². The van der Waals surface area contributed by atoms with Crippen molar-refractivity contribution < 1.29 is 0 Å². The molecule has 78 valence electrons. The molecule has 5 nitrogen and oxygen atoms in total. The summed E-state index contributed by atoms with van der Waals surface area (Å²) >= 11 is 0. The minimum Gasteiger partial charge on any atom is -0.253 e. The second-order valence-electron chi connectivity index (χ2n) is 4.30. The predicted octanol–water partition coefficient (Wildman–Crippen LogP) is 1.49. The fourth-order valence-electron chi connectivity index (χ4n) is 1.29. The highest BCUT2D eigenvalue weighted by Gasteiger charge is 2.20. The van der Waals surface area contributed by atoms with Crippen molar-refractivity contribution in [1.82, 2.24) is 25.2 Å². The van der Waals surface area contributed by atoms with Crippen molar-refractivity contribution in [3.63, 3.8) is 0 Å². The van der Waals surface area contributed by atoms with Gasteiger partial charge in [0.2, 0.25) is 5.82 Å². The standard InChI is InChI=1S/C10H13N5/c1-10(2,3)15-9(12-13-14-15)8-6-4-5-7-11-8/h4-7H,1-3H3. The highest BCUT2D eigenvalue weighted by molar-refractivity contribution is 5.47. The minimum absolute atomic E-state index is 0.143. The van der Waals surface area contributed by atoms with E-state index in [1.807, 2.05) is 18.2 Å². The van der Waals surface area contributed by atoms with Gasteiger partial charge < -0.3 is 0 Å². The SMILES string of the molecule is CC(C)(C)n1nnnc1-c1ccccn1. The van der Waals surface area contributed by atoms with Gasteiger partial charge in [-0.3, -0.25) is 4.98 Å². The van der Waals surface area contributed by atoms with Crippen LogP contribution in [0.1, 0.15) is 20.8 Å². The van der Waals surface area contributed by atoms with Crippen LogP contribution in [0.25, 0.3) is 11.5 Å². The molecule has 0 atom stereocenters. The third-order valence-corrected chi connectivity index (χ3v) is 2.00. The van der Waals surface area contributed by atoms with E-state index in [2.05, 4.69) is 41.3 Å². The molecule has 0 aliphatic heterocycles. The molecule has 2 aromatic rings. The van der Waals surface area contributed by atoms with Crippen LogP contribution in [-0.2, 0) is 5.54 Å². The summed E-state index contributed by atoms with van der Waals surface area (Å²) in [6.07, 6.45) is 1.73. The van der Waals surface area contributed by atoms with E-state index in [0.717, 1.165) is 5.69 Å². The second kappa shape index (κ2) is 3.42. The summed E-state index contributed by atoms with van der Waals surface area (Å²) in [4.78, 5) is 4.23. The molecule has 0 unspecified atom stereocenters. The Morgan fingerprint density at radius 3 is 2.60 bits per heavy atom. The molecular formula is C10H13N5. The number of nitrogens with zero attached hydrogens (tertiary/aromatic N) is 5. The van der Waals surface area contributed by atoms with Crippen molar-refractivity contribution in [2.24, 2.45) is 0 Å². The van der Waals surface area contributed by atoms with Gasteiger partial charge in [0.25, 0.3) is 0 Å². The van der Waals surface area contributed by atoms with E-state index in [-0.39, 0.29) is 5.54 Å².